The molecule has 0 saturated heterocycles. The van der Waals surface area contributed by atoms with Crippen molar-refractivity contribution >= 4 is 5.69 Å². The van der Waals surface area contributed by atoms with Gasteiger partial charge >= 0.3 is 6.18 Å². The maximum atomic E-state index is 12.7. The Morgan fingerprint density at radius 2 is 1.85 bits per heavy atom. The van der Waals surface area contributed by atoms with Gasteiger partial charge in [-0.25, -0.2) is 0 Å². The number of hydrogen-bond donors (Lipinski definition) is 1. The predicted octanol–water partition coefficient (Wildman–Crippen LogP) is 4.14. The molecule has 0 aliphatic heterocycles. The molecule has 0 aliphatic rings. The molecule has 1 aromatic carbocycles. The van der Waals surface area contributed by atoms with Gasteiger partial charge in [-0.15, -0.1) is 0 Å². The maximum absolute atomic E-state index is 12.7. The standard InChI is InChI=1S/C15H23F3N2/c1-4-10-20(11-15(16,17)18)14-9-7-6-8-13(14)12(3)19-5-2/h6-9,12,19H,4-5,10-11H2,1-3H3. The average Bonchev–Trinajstić information content (AvgIpc) is 2.37. The van der Waals surface area contributed by atoms with E-state index in [-0.39, 0.29) is 6.04 Å². The van der Waals surface area contributed by atoms with E-state index in [0.29, 0.717) is 18.7 Å². The van der Waals surface area contributed by atoms with E-state index >= 15 is 0 Å². The molecule has 0 heterocycles. The normalized spacial score (nSPS) is 13.3. The number of alkyl halides is 3. The molecule has 0 aliphatic carbocycles. The molecule has 1 unspecified atom stereocenters. The molecule has 114 valence electrons. The van der Waals surface area contributed by atoms with Crippen LogP contribution in [0.15, 0.2) is 24.3 Å². The number of para-hydroxylation sites is 1. The van der Waals surface area contributed by atoms with Crippen LogP contribution in [0, 0.1) is 0 Å². The molecule has 20 heavy (non-hydrogen) atoms. The van der Waals surface area contributed by atoms with E-state index < -0.39 is 12.7 Å². The molecule has 0 bridgehead atoms. The van der Waals surface area contributed by atoms with Crippen LogP contribution >= 0.6 is 0 Å². The lowest BCUT2D eigenvalue weighted by atomic mass is 10.0. The van der Waals surface area contributed by atoms with Crippen LogP contribution in [-0.4, -0.2) is 25.8 Å². The molecule has 0 radical (unpaired) electrons. The monoisotopic (exact) mass is 288 g/mol. The van der Waals surface area contributed by atoms with E-state index in [1.165, 1.54) is 4.90 Å². The molecular formula is C15H23F3N2. The highest BCUT2D eigenvalue weighted by molar-refractivity contribution is 5.55. The first kappa shape index (κ1) is 16.8. The third kappa shape index (κ3) is 5.04. The van der Waals surface area contributed by atoms with Crippen LogP contribution in [0.25, 0.3) is 0 Å². The van der Waals surface area contributed by atoms with E-state index in [0.717, 1.165) is 12.1 Å². The number of nitrogens with one attached hydrogen (secondary N) is 1. The second kappa shape index (κ2) is 7.53. The van der Waals surface area contributed by atoms with Crippen molar-refractivity contribution in [2.24, 2.45) is 0 Å². The lowest BCUT2D eigenvalue weighted by molar-refractivity contribution is -0.119. The van der Waals surface area contributed by atoms with Crippen LogP contribution < -0.4 is 10.2 Å². The van der Waals surface area contributed by atoms with Gasteiger partial charge in [0.05, 0.1) is 0 Å². The van der Waals surface area contributed by atoms with Crippen LogP contribution in [0.2, 0.25) is 0 Å². The summed E-state index contributed by atoms with van der Waals surface area (Å²) < 4.78 is 38.2. The molecule has 0 aromatic heterocycles. The van der Waals surface area contributed by atoms with Gasteiger partial charge in [0.15, 0.2) is 0 Å². The summed E-state index contributed by atoms with van der Waals surface area (Å²) in [4.78, 5) is 1.42. The third-order valence-corrected chi connectivity index (χ3v) is 3.12. The second-order valence-corrected chi connectivity index (χ2v) is 4.87. The molecule has 0 fully saturated rings. The minimum absolute atomic E-state index is 0.0313. The minimum atomic E-state index is -4.19. The second-order valence-electron chi connectivity index (χ2n) is 4.87. The molecule has 1 aromatic rings. The summed E-state index contributed by atoms with van der Waals surface area (Å²) in [5.74, 6) is 0. The first-order chi connectivity index (χ1) is 9.39. The Hall–Kier alpha value is -1.23. The zero-order valence-electron chi connectivity index (χ0n) is 12.3. The van der Waals surface area contributed by atoms with E-state index in [1.54, 1.807) is 12.1 Å². The lowest BCUT2D eigenvalue weighted by Crippen LogP contribution is -2.36. The Morgan fingerprint density at radius 3 is 2.40 bits per heavy atom. The first-order valence-corrected chi connectivity index (χ1v) is 7.03. The van der Waals surface area contributed by atoms with Crippen molar-refractivity contribution in [3.8, 4) is 0 Å². The topological polar surface area (TPSA) is 15.3 Å². The van der Waals surface area contributed by atoms with Crippen molar-refractivity contribution in [1.82, 2.24) is 5.32 Å². The number of anilines is 1. The van der Waals surface area contributed by atoms with Crippen molar-refractivity contribution < 1.29 is 13.2 Å². The Labute approximate surface area is 119 Å². The van der Waals surface area contributed by atoms with E-state index in [1.807, 2.05) is 32.9 Å². The number of benzene rings is 1. The van der Waals surface area contributed by atoms with Crippen molar-refractivity contribution in [2.75, 3.05) is 24.5 Å². The smallest absolute Gasteiger partial charge is 0.362 e. The summed E-state index contributed by atoms with van der Waals surface area (Å²) in [7, 11) is 0. The number of nitrogens with zero attached hydrogens (tertiary/aromatic N) is 1. The van der Waals surface area contributed by atoms with Gasteiger partial charge in [-0.05, 0) is 31.5 Å². The van der Waals surface area contributed by atoms with Gasteiger partial charge in [0, 0.05) is 18.3 Å². The lowest BCUT2D eigenvalue weighted by Gasteiger charge is -2.29. The summed E-state index contributed by atoms with van der Waals surface area (Å²) in [6.45, 7) is 6.12. The highest BCUT2D eigenvalue weighted by Crippen LogP contribution is 2.29. The van der Waals surface area contributed by atoms with E-state index in [2.05, 4.69) is 5.32 Å². The molecule has 0 spiro atoms. The van der Waals surface area contributed by atoms with E-state index in [9.17, 15) is 13.2 Å². The summed E-state index contributed by atoms with van der Waals surface area (Å²) in [5.41, 5.74) is 1.58. The van der Waals surface area contributed by atoms with Crippen molar-refractivity contribution in [3.63, 3.8) is 0 Å². The Kier molecular flexibility index (Phi) is 6.33. The van der Waals surface area contributed by atoms with Gasteiger partial charge in [0.1, 0.15) is 6.54 Å². The average molecular weight is 288 g/mol. The summed E-state index contributed by atoms with van der Waals surface area (Å²) in [5, 5.41) is 3.25. The van der Waals surface area contributed by atoms with Crippen molar-refractivity contribution in [1.29, 1.82) is 0 Å². The van der Waals surface area contributed by atoms with Crippen molar-refractivity contribution in [3.05, 3.63) is 29.8 Å². The van der Waals surface area contributed by atoms with Gasteiger partial charge in [-0.1, -0.05) is 32.0 Å². The maximum Gasteiger partial charge on any atom is 0.405 e. The SMILES string of the molecule is CCCN(CC(F)(F)F)c1ccccc1C(C)NCC. The van der Waals surface area contributed by atoms with Gasteiger partial charge in [0.25, 0.3) is 0 Å². The zero-order chi connectivity index (χ0) is 15.2. The molecule has 1 N–H and O–H groups in total. The Morgan fingerprint density at radius 1 is 1.20 bits per heavy atom. The van der Waals surface area contributed by atoms with Gasteiger partial charge in [-0.2, -0.15) is 13.2 Å². The molecular weight excluding hydrogens is 265 g/mol. The summed E-state index contributed by atoms with van der Waals surface area (Å²) in [6.07, 6.45) is -3.51. The number of rotatable bonds is 7. The van der Waals surface area contributed by atoms with Gasteiger partial charge in [-0.3, -0.25) is 0 Å². The quantitative estimate of drug-likeness (QED) is 0.811. The van der Waals surface area contributed by atoms with Crippen LogP contribution in [-0.2, 0) is 0 Å². The summed E-state index contributed by atoms with van der Waals surface area (Å²) >= 11 is 0. The predicted molar refractivity (Wildman–Crippen MR) is 77.1 cm³/mol. The van der Waals surface area contributed by atoms with Gasteiger partial charge in [0.2, 0.25) is 0 Å². The van der Waals surface area contributed by atoms with E-state index in [4.69, 9.17) is 0 Å². The molecule has 1 rings (SSSR count). The first-order valence-electron chi connectivity index (χ1n) is 7.03. The fourth-order valence-electron chi connectivity index (χ4n) is 2.33. The Bertz CT molecular complexity index is 404. The molecule has 0 saturated carbocycles. The van der Waals surface area contributed by atoms with Crippen molar-refractivity contribution in [2.45, 2.75) is 39.4 Å². The minimum Gasteiger partial charge on any atom is -0.362 e. The molecule has 0 amide bonds. The number of hydrogen-bond acceptors (Lipinski definition) is 2. The fraction of sp³-hybridized carbons (Fsp3) is 0.600. The van der Waals surface area contributed by atoms with Crippen LogP contribution in [0.4, 0.5) is 18.9 Å². The van der Waals surface area contributed by atoms with Crippen LogP contribution in [0.3, 0.4) is 0 Å². The zero-order valence-corrected chi connectivity index (χ0v) is 12.3. The Balaban J connectivity index is 3.06. The molecule has 1 atom stereocenters. The van der Waals surface area contributed by atoms with Gasteiger partial charge < -0.3 is 10.2 Å². The highest BCUT2D eigenvalue weighted by atomic mass is 19.4. The van der Waals surface area contributed by atoms with Crippen LogP contribution in [0.1, 0.15) is 38.8 Å². The van der Waals surface area contributed by atoms with Crippen LogP contribution in [0.5, 0.6) is 0 Å². The molecule has 2 nitrogen and oxygen atoms in total. The largest absolute Gasteiger partial charge is 0.405 e. The highest BCUT2D eigenvalue weighted by Gasteiger charge is 2.31. The fourth-order valence-corrected chi connectivity index (χ4v) is 2.33. The third-order valence-electron chi connectivity index (χ3n) is 3.12. The summed E-state index contributed by atoms with van der Waals surface area (Å²) in [6, 6.07) is 7.34. The number of halogens is 3. The molecule has 5 heteroatoms.